The number of aromatic nitrogens is 2. The quantitative estimate of drug-likeness (QED) is 0.588. The highest BCUT2D eigenvalue weighted by Gasteiger charge is 2.20. The SMILES string of the molecule is Cn1cnc([N+](=O)[O-])c1NCC[C@@H]1CCCN1. The highest BCUT2D eigenvalue weighted by atomic mass is 16.6. The van der Waals surface area contributed by atoms with E-state index in [1.807, 2.05) is 0 Å². The predicted molar refractivity (Wildman–Crippen MR) is 64.0 cm³/mol. The van der Waals surface area contributed by atoms with E-state index in [0.29, 0.717) is 11.9 Å². The van der Waals surface area contributed by atoms with Gasteiger partial charge in [0.05, 0.1) is 0 Å². The molecular formula is C10H17N5O2. The van der Waals surface area contributed by atoms with Gasteiger partial charge in [-0.3, -0.25) is 4.57 Å². The van der Waals surface area contributed by atoms with Crippen molar-refractivity contribution in [2.75, 3.05) is 18.4 Å². The van der Waals surface area contributed by atoms with E-state index in [-0.39, 0.29) is 5.82 Å². The van der Waals surface area contributed by atoms with Crippen LogP contribution in [0.5, 0.6) is 0 Å². The summed E-state index contributed by atoms with van der Waals surface area (Å²) in [6.45, 7) is 1.80. The summed E-state index contributed by atoms with van der Waals surface area (Å²) < 4.78 is 1.64. The number of rotatable bonds is 5. The molecule has 7 nitrogen and oxygen atoms in total. The molecule has 0 aliphatic carbocycles. The second kappa shape index (κ2) is 5.13. The van der Waals surface area contributed by atoms with Crippen LogP contribution in [-0.4, -0.2) is 33.6 Å². The van der Waals surface area contributed by atoms with Crippen LogP contribution in [0.15, 0.2) is 6.33 Å². The van der Waals surface area contributed by atoms with Gasteiger partial charge in [-0.05, 0) is 35.7 Å². The minimum atomic E-state index is -0.462. The van der Waals surface area contributed by atoms with E-state index in [1.165, 1.54) is 19.2 Å². The van der Waals surface area contributed by atoms with Crippen LogP contribution in [0, 0.1) is 10.1 Å². The van der Waals surface area contributed by atoms with Crippen molar-refractivity contribution in [2.24, 2.45) is 7.05 Å². The van der Waals surface area contributed by atoms with Crippen molar-refractivity contribution in [3.63, 3.8) is 0 Å². The highest BCUT2D eigenvalue weighted by Crippen LogP contribution is 2.21. The number of nitro groups is 1. The molecule has 0 amide bonds. The second-order valence-corrected chi connectivity index (χ2v) is 4.29. The van der Waals surface area contributed by atoms with Gasteiger partial charge in [-0.2, -0.15) is 0 Å². The number of nitrogens with zero attached hydrogens (tertiary/aromatic N) is 3. The zero-order valence-corrected chi connectivity index (χ0v) is 9.85. The lowest BCUT2D eigenvalue weighted by Gasteiger charge is -2.11. The van der Waals surface area contributed by atoms with E-state index in [9.17, 15) is 10.1 Å². The number of hydrogen-bond donors (Lipinski definition) is 2. The lowest BCUT2D eigenvalue weighted by Crippen LogP contribution is -2.24. The largest absolute Gasteiger partial charge is 0.406 e. The Labute approximate surface area is 99.4 Å². The zero-order valence-electron chi connectivity index (χ0n) is 9.85. The van der Waals surface area contributed by atoms with Crippen LogP contribution in [0.4, 0.5) is 11.6 Å². The van der Waals surface area contributed by atoms with Crippen LogP contribution in [0.25, 0.3) is 0 Å². The molecule has 0 spiro atoms. The third-order valence-corrected chi connectivity index (χ3v) is 3.04. The molecular weight excluding hydrogens is 222 g/mol. The van der Waals surface area contributed by atoms with E-state index in [1.54, 1.807) is 11.6 Å². The fourth-order valence-electron chi connectivity index (χ4n) is 2.12. The Kier molecular flexibility index (Phi) is 3.58. The van der Waals surface area contributed by atoms with Gasteiger partial charge in [-0.25, -0.2) is 0 Å². The summed E-state index contributed by atoms with van der Waals surface area (Å²) in [6.07, 6.45) is 4.84. The summed E-state index contributed by atoms with van der Waals surface area (Å²) in [5, 5.41) is 17.2. The summed E-state index contributed by atoms with van der Waals surface area (Å²) in [7, 11) is 1.75. The molecule has 1 aromatic rings. The van der Waals surface area contributed by atoms with Crippen LogP contribution >= 0.6 is 0 Å². The molecule has 1 atom stereocenters. The molecule has 0 radical (unpaired) electrons. The van der Waals surface area contributed by atoms with Crippen molar-refractivity contribution in [3.8, 4) is 0 Å². The average Bonchev–Trinajstić information content (AvgIpc) is 2.89. The normalized spacial score (nSPS) is 19.5. The van der Waals surface area contributed by atoms with Crippen LogP contribution < -0.4 is 10.6 Å². The van der Waals surface area contributed by atoms with Crippen molar-refractivity contribution in [3.05, 3.63) is 16.4 Å². The van der Waals surface area contributed by atoms with E-state index < -0.39 is 4.92 Å². The number of imidazole rings is 1. The van der Waals surface area contributed by atoms with Crippen LogP contribution in [-0.2, 0) is 7.05 Å². The maximum Gasteiger partial charge on any atom is 0.406 e. The van der Waals surface area contributed by atoms with E-state index in [2.05, 4.69) is 15.6 Å². The molecule has 0 saturated carbocycles. The Morgan fingerprint density at radius 1 is 1.76 bits per heavy atom. The Morgan fingerprint density at radius 2 is 2.59 bits per heavy atom. The maximum absolute atomic E-state index is 10.7. The van der Waals surface area contributed by atoms with E-state index in [4.69, 9.17) is 0 Å². The molecule has 1 saturated heterocycles. The Bertz CT molecular complexity index is 397. The monoisotopic (exact) mass is 239 g/mol. The molecule has 2 heterocycles. The van der Waals surface area contributed by atoms with Crippen molar-refractivity contribution in [2.45, 2.75) is 25.3 Å². The first-order valence-corrected chi connectivity index (χ1v) is 5.81. The van der Waals surface area contributed by atoms with Gasteiger partial charge in [0.2, 0.25) is 12.1 Å². The first-order chi connectivity index (χ1) is 8.18. The summed E-state index contributed by atoms with van der Waals surface area (Å²) in [5.74, 6) is 0.375. The van der Waals surface area contributed by atoms with Crippen LogP contribution in [0.3, 0.4) is 0 Å². The maximum atomic E-state index is 10.7. The van der Waals surface area contributed by atoms with Gasteiger partial charge >= 0.3 is 5.82 Å². The fourth-order valence-corrected chi connectivity index (χ4v) is 2.12. The van der Waals surface area contributed by atoms with Gasteiger partial charge in [-0.15, -0.1) is 0 Å². The van der Waals surface area contributed by atoms with Gasteiger partial charge in [-0.1, -0.05) is 0 Å². The lowest BCUT2D eigenvalue weighted by atomic mass is 10.1. The van der Waals surface area contributed by atoms with Gasteiger partial charge in [0.1, 0.15) is 0 Å². The van der Waals surface area contributed by atoms with Crippen molar-refractivity contribution >= 4 is 11.6 Å². The minimum absolute atomic E-state index is 0.105. The predicted octanol–water partition coefficient (Wildman–Crippen LogP) is 0.882. The summed E-state index contributed by atoms with van der Waals surface area (Å²) in [4.78, 5) is 14.0. The molecule has 1 aliphatic heterocycles. The van der Waals surface area contributed by atoms with Gasteiger partial charge in [0, 0.05) is 19.6 Å². The molecule has 2 N–H and O–H groups in total. The minimum Gasteiger partial charge on any atom is -0.364 e. The molecule has 0 unspecified atom stereocenters. The molecule has 1 fully saturated rings. The molecule has 1 aromatic heterocycles. The summed E-state index contributed by atoms with van der Waals surface area (Å²) >= 11 is 0. The van der Waals surface area contributed by atoms with Gasteiger partial charge in [0.25, 0.3) is 0 Å². The lowest BCUT2D eigenvalue weighted by molar-refractivity contribution is -0.388. The third kappa shape index (κ3) is 2.73. The molecule has 0 aromatic carbocycles. The van der Waals surface area contributed by atoms with E-state index in [0.717, 1.165) is 19.5 Å². The van der Waals surface area contributed by atoms with Crippen LogP contribution in [0.1, 0.15) is 19.3 Å². The van der Waals surface area contributed by atoms with Crippen molar-refractivity contribution in [1.29, 1.82) is 0 Å². The summed E-state index contributed by atoms with van der Waals surface area (Å²) in [5.41, 5.74) is 0. The topological polar surface area (TPSA) is 85.0 Å². The molecule has 1 aliphatic rings. The smallest absolute Gasteiger partial charge is 0.364 e. The van der Waals surface area contributed by atoms with Crippen molar-refractivity contribution in [1.82, 2.24) is 14.9 Å². The fraction of sp³-hybridized carbons (Fsp3) is 0.700. The average molecular weight is 239 g/mol. The number of aryl methyl sites for hydroxylation is 1. The molecule has 17 heavy (non-hydrogen) atoms. The molecule has 7 heteroatoms. The standard InChI is InChI=1S/C10H17N5O2/c1-14-7-13-10(15(16)17)9(14)12-6-4-8-3-2-5-11-8/h7-8,11-12H,2-6H2,1H3/t8-/m0/s1. The Morgan fingerprint density at radius 3 is 3.24 bits per heavy atom. The van der Waals surface area contributed by atoms with Gasteiger partial charge < -0.3 is 20.7 Å². The second-order valence-electron chi connectivity index (χ2n) is 4.29. The summed E-state index contributed by atoms with van der Waals surface area (Å²) in [6, 6.07) is 0.537. The first kappa shape index (κ1) is 11.8. The zero-order chi connectivity index (χ0) is 12.3. The Hall–Kier alpha value is -1.63. The number of anilines is 1. The third-order valence-electron chi connectivity index (χ3n) is 3.04. The van der Waals surface area contributed by atoms with E-state index >= 15 is 0 Å². The molecule has 94 valence electrons. The Balaban J connectivity index is 1.89. The molecule has 0 bridgehead atoms. The van der Waals surface area contributed by atoms with Gasteiger partial charge in [0.15, 0.2) is 0 Å². The van der Waals surface area contributed by atoms with Crippen molar-refractivity contribution < 1.29 is 4.92 Å². The number of nitrogens with one attached hydrogen (secondary N) is 2. The molecule has 2 rings (SSSR count). The highest BCUT2D eigenvalue weighted by molar-refractivity contribution is 5.51. The van der Waals surface area contributed by atoms with Crippen LogP contribution in [0.2, 0.25) is 0 Å². The first-order valence-electron chi connectivity index (χ1n) is 5.81. The number of hydrogen-bond acceptors (Lipinski definition) is 5.